The predicted molar refractivity (Wildman–Crippen MR) is 38.9 cm³/mol. The normalized spacial score (nSPS) is 28.1. The lowest BCUT2D eigenvalue weighted by Gasteiger charge is -2.31. The Labute approximate surface area is 65.7 Å². The summed E-state index contributed by atoms with van der Waals surface area (Å²) in [6, 6.07) is 0. The Morgan fingerprint density at radius 2 is 2.36 bits per heavy atom. The van der Waals surface area contributed by atoms with Crippen molar-refractivity contribution < 1.29 is 14.3 Å². The molecule has 3 nitrogen and oxygen atoms in total. The summed E-state index contributed by atoms with van der Waals surface area (Å²) in [7, 11) is 0. The highest BCUT2D eigenvalue weighted by atomic mass is 16.7. The van der Waals surface area contributed by atoms with Gasteiger partial charge in [0.1, 0.15) is 5.60 Å². The SMILES string of the molecule is C#CC1CC(C)(C)OC(=O)O1. The molecule has 0 aromatic rings. The number of carbonyl (C=O) groups excluding carboxylic acids is 1. The van der Waals surface area contributed by atoms with E-state index in [1.54, 1.807) is 13.8 Å². The van der Waals surface area contributed by atoms with E-state index in [1.165, 1.54) is 0 Å². The molecule has 60 valence electrons. The molecule has 1 aliphatic heterocycles. The zero-order chi connectivity index (χ0) is 8.48. The largest absolute Gasteiger partial charge is 0.510 e. The second-order valence-electron chi connectivity index (χ2n) is 3.09. The van der Waals surface area contributed by atoms with Gasteiger partial charge < -0.3 is 9.47 Å². The predicted octanol–water partition coefficient (Wildman–Crippen LogP) is 1.32. The van der Waals surface area contributed by atoms with Gasteiger partial charge in [0.15, 0.2) is 6.10 Å². The van der Waals surface area contributed by atoms with Crippen molar-refractivity contribution in [3.63, 3.8) is 0 Å². The van der Waals surface area contributed by atoms with E-state index in [0.29, 0.717) is 6.42 Å². The summed E-state index contributed by atoms with van der Waals surface area (Å²) in [6.45, 7) is 3.61. The van der Waals surface area contributed by atoms with Crippen LogP contribution in [0.5, 0.6) is 0 Å². The minimum absolute atomic E-state index is 0.439. The van der Waals surface area contributed by atoms with E-state index in [2.05, 4.69) is 10.7 Å². The Morgan fingerprint density at radius 3 is 2.82 bits per heavy atom. The van der Waals surface area contributed by atoms with E-state index >= 15 is 0 Å². The van der Waals surface area contributed by atoms with Gasteiger partial charge in [-0.2, -0.15) is 0 Å². The molecule has 1 atom stereocenters. The Bertz CT molecular complexity index is 212. The summed E-state index contributed by atoms with van der Waals surface area (Å²) >= 11 is 0. The number of rotatable bonds is 0. The van der Waals surface area contributed by atoms with E-state index in [4.69, 9.17) is 11.2 Å². The Hall–Kier alpha value is -1.17. The number of carbonyl (C=O) groups is 1. The second kappa shape index (κ2) is 2.46. The lowest BCUT2D eigenvalue weighted by Crippen LogP contribution is -2.40. The van der Waals surface area contributed by atoms with Crippen molar-refractivity contribution in [3.8, 4) is 12.3 Å². The Morgan fingerprint density at radius 1 is 1.73 bits per heavy atom. The molecule has 1 unspecified atom stereocenters. The molecule has 0 saturated carbocycles. The number of ether oxygens (including phenoxy) is 2. The molecule has 1 fully saturated rings. The minimum Gasteiger partial charge on any atom is -0.428 e. The first-order chi connectivity index (χ1) is 5.03. The van der Waals surface area contributed by atoms with Gasteiger partial charge in [-0.3, -0.25) is 0 Å². The van der Waals surface area contributed by atoms with Crippen molar-refractivity contribution in [1.29, 1.82) is 0 Å². The van der Waals surface area contributed by atoms with E-state index in [-0.39, 0.29) is 0 Å². The summed E-state index contributed by atoms with van der Waals surface area (Å²) in [6.07, 6.45) is 4.54. The van der Waals surface area contributed by atoms with Crippen LogP contribution in [0.3, 0.4) is 0 Å². The molecule has 0 amide bonds. The topological polar surface area (TPSA) is 35.5 Å². The van der Waals surface area contributed by atoms with Crippen LogP contribution >= 0.6 is 0 Å². The fourth-order valence-electron chi connectivity index (χ4n) is 0.989. The van der Waals surface area contributed by atoms with Crippen LogP contribution in [0.4, 0.5) is 4.79 Å². The summed E-state index contributed by atoms with van der Waals surface area (Å²) < 4.78 is 9.52. The number of cyclic esters (lactones) is 2. The Kier molecular flexibility index (Phi) is 1.77. The molecule has 0 bridgehead atoms. The first kappa shape index (κ1) is 7.93. The zero-order valence-corrected chi connectivity index (χ0v) is 6.59. The van der Waals surface area contributed by atoms with E-state index in [1.807, 2.05) is 0 Å². The maximum absolute atomic E-state index is 10.7. The van der Waals surface area contributed by atoms with E-state index in [0.717, 1.165) is 0 Å². The van der Waals surface area contributed by atoms with Gasteiger partial charge in [0, 0.05) is 6.42 Å². The highest BCUT2D eigenvalue weighted by Gasteiger charge is 2.34. The van der Waals surface area contributed by atoms with Crippen LogP contribution in [0, 0.1) is 12.3 Å². The molecule has 0 aromatic carbocycles. The molecule has 1 rings (SSSR count). The molecular weight excluding hydrogens is 144 g/mol. The minimum atomic E-state index is -0.677. The van der Waals surface area contributed by atoms with Gasteiger partial charge in [-0.1, -0.05) is 5.92 Å². The van der Waals surface area contributed by atoms with Gasteiger partial charge >= 0.3 is 6.16 Å². The van der Waals surface area contributed by atoms with Crippen LogP contribution in [0.1, 0.15) is 20.3 Å². The fourth-order valence-corrected chi connectivity index (χ4v) is 0.989. The molecule has 1 heterocycles. The average Bonchev–Trinajstić information content (AvgIpc) is 1.83. The maximum Gasteiger partial charge on any atom is 0.510 e. The summed E-state index contributed by atoms with van der Waals surface area (Å²) in [4.78, 5) is 10.7. The van der Waals surface area contributed by atoms with Crippen molar-refractivity contribution in [2.24, 2.45) is 0 Å². The number of terminal acetylenes is 1. The third-order valence-electron chi connectivity index (χ3n) is 1.46. The monoisotopic (exact) mass is 154 g/mol. The van der Waals surface area contributed by atoms with Crippen molar-refractivity contribution >= 4 is 6.16 Å². The molecule has 0 spiro atoms. The maximum atomic E-state index is 10.7. The quantitative estimate of drug-likeness (QED) is 0.390. The molecule has 3 heteroatoms. The molecule has 1 aliphatic rings. The van der Waals surface area contributed by atoms with Crippen molar-refractivity contribution in [1.82, 2.24) is 0 Å². The van der Waals surface area contributed by atoms with Crippen molar-refractivity contribution in [2.45, 2.75) is 32.0 Å². The summed E-state index contributed by atoms with van der Waals surface area (Å²) in [5, 5.41) is 0. The number of hydrogen-bond donors (Lipinski definition) is 0. The van der Waals surface area contributed by atoms with Crippen LogP contribution in [0.2, 0.25) is 0 Å². The van der Waals surface area contributed by atoms with Gasteiger partial charge in [0.25, 0.3) is 0 Å². The van der Waals surface area contributed by atoms with Crippen LogP contribution in [0.25, 0.3) is 0 Å². The van der Waals surface area contributed by atoms with E-state index in [9.17, 15) is 4.79 Å². The van der Waals surface area contributed by atoms with Crippen molar-refractivity contribution in [3.05, 3.63) is 0 Å². The van der Waals surface area contributed by atoms with E-state index < -0.39 is 17.9 Å². The number of hydrogen-bond acceptors (Lipinski definition) is 3. The van der Waals surface area contributed by atoms with Gasteiger partial charge in [0.05, 0.1) is 0 Å². The molecule has 1 saturated heterocycles. The molecule has 0 aliphatic carbocycles. The van der Waals surface area contributed by atoms with Crippen LogP contribution in [-0.2, 0) is 9.47 Å². The average molecular weight is 154 g/mol. The molecule has 0 aromatic heterocycles. The summed E-state index contributed by atoms with van der Waals surface area (Å²) in [5.74, 6) is 2.37. The lowest BCUT2D eigenvalue weighted by atomic mass is 10.0. The van der Waals surface area contributed by atoms with Crippen molar-refractivity contribution in [2.75, 3.05) is 0 Å². The summed E-state index contributed by atoms with van der Waals surface area (Å²) in [5.41, 5.74) is -0.494. The highest BCUT2D eigenvalue weighted by molar-refractivity contribution is 5.62. The standard InChI is InChI=1S/C8H10O3/c1-4-6-5-8(2,3)11-7(9)10-6/h1,6H,5H2,2-3H3. The first-order valence-electron chi connectivity index (χ1n) is 3.39. The molecule has 11 heavy (non-hydrogen) atoms. The third kappa shape index (κ3) is 1.87. The van der Waals surface area contributed by atoms with Gasteiger partial charge in [-0.05, 0) is 13.8 Å². The lowest BCUT2D eigenvalue weighted by molar-refractivity contribution is -0.0830. The smallest absolute Gasteiger partial charge is 0.428 e. The molecule has 0 N–H and O–H groups in total. The van der Waals surface area contributed by atoms with Crippen LogP contribution < -0.4 is 0 Å². The molecule has 0 radical (unpaired) electrons. The van der Waals surface area contributed by atoms with Crippen LogP contribution in [-0.4, -0.2) is 17.9 Å². The highest BCUT2D eigenvalue weighted by Crippen LogP contribution is 2.24. The first-order valence-corrected chi connectivity index (χ1v) is 3.39. The van der Waals surface area contributed by atoms with Gasteiger partial charge in [0.2, 0.25) is 0 Å². The Balaban J connectivity index is 2.67. The second-order valence-corrected chi connectivity index (χ2v) is 3.09. The van der Waals surface area contributed by atoms with Gasteiger partial charge in [-0.25, -0.2) is 4.79 Å². The zero-order valence-electron chi connectivity index (χ0n) is 6.59. The fraction of sp³-hybridized carbons (Fsp3) is 0.625. The van der Waals surface area contributed by atoms with Gasteiger partial charge in [-0.15, -0.1) is 6.42 Å². The van der Waals surface area contributed by atoms with Crippen LogP contribution in [0.15, 0.2) is 0 Å². The third-order valence-corrected chi connectivity index (χ3v) is 1.46. The molecular formula is C8H10O3.